The van der Waals surface area contributed by atoms with Crippen LogP contribution < -0.4 is 5.32 Å². The molecule has 2 N–H and O–H groups in total. The molecule has 0 heterocycles. The highest BCUT2D eigenvalue weighted by Gasteiger charge is 2.07. The van der Waals surface area contributed by atoms with Gasteiger partial charge in [0.2, 0.25) is 0 Å². The Morgan fingerprint density at radius 2 is 1.95 bits per heavy atom. The number of nitrogens with one attached hydrogen (secondary N) is 1. The van der Waals surface area contributed by atoms with Crippen LogP contribution in [0.2, 0.25) is 5.02 Å². The van der Waals surface area contributed by atoms with Crippen molar-refractivity contribution in [2.45, 2.75) is 20.1 Å². The summed E-state index contributed by atoms with van der Waals surface area (Å²) in [6.07, 6.45) is 0. The Morgan fingerprint density at radius 3 is 2.65 bits per heavy atom. The molecule has 0 aliphatic rings. The minimum atomic E-state index is -0.140. The SMILES string of the molecule is Cc1cc(C(=O)NCc2cccc(CO)c2)ccc1Cl. The molecule has 0 aliphatic heterocycles. The molecule has 0 fully saturated rings. The van der Waals surface area contributed by atoms with Crippen LogP contribution >= 0.6 is 11.6 Å². The van der Waals surface area contributed by atoms with Gasteiger partial charge in [0.05, 0.1) is 6.61 Å². The number of benzene rings is 2. The lowest BCUT2D eigenvalue weighted by Crippen LogP contribution is -2.22. The first-order valence-electron chi connectivity index (χ1n) is 6.33. The van der Waals surface area contributed by atoms with E-state index in [1.54, 1.807) is 18.2 Å². The van der Waals surface area contributed by atoms with Gasteiger partial charge in [0.1, 0.15) is 0 Å². The van der Waals surface area contributed by atoms with Crippen molar-refractivity contribution in [1.29, 1.82) is 0 Å². The zero-order valence-electron chi connectivity index (χ0n) is 11.2. The van der Waals surface area contributed by atoms with Gasteiger partial charge in [-0.25, -0.2) is 0 Å². The molecule has 2 rings (SSSR count). The Kier molecular flexibility index (Phi) is 4.77. The molecule has 3 nitrogen and oxygen atoms in total. The average Bonchev–Trinajstić information content (AvgIpc) is 2.47. The maximum atomic E-state index is 12.0. The molecule has 0 saturated heterocycles. The molecular formula is C16H16ClNO2. The van der Waals surface area contributed by atoms with Gasteiger partial charge in [0.15, 0.2) is 0 Å². The summed E-state index contributed by atoms with van der Waals surface area (Å²) in [6.45, 7) is 2.29. The van der Waals surface area contributed by atoms with E-state index in [4.69, 9.17) is 16.7 Å². The Morgan fingerprint density at radius 1 is 1.20 bits per heavy atom. The Bertz CT molecular complexity index is 626. The number of rotatable bonds is 4. The molecule has 2 aromatic rings. The van der Waals surface area contributed by atoms with Crippen molar-refractivity contribution in [3.05, 3.63) is 69.7 Å². The standard InChI is InChI=1S/C16H16ClNO2/c1-11-7-14(5-6-15(11)17)16(20)18-9-12-3-2-4-13(8-12)10-19/h2-8,19H,9-10H2,1H3,(H,18,20). The summed E-state index contributed by atoms with van der Waals surface area (Å²) >= 11 is 5.94. The number of carbonyl (C=O) groups excluding carboxylic acids is 1. The van der Waals surface area contributed by atoms with Crippen molar-refractivity contribution in [3.63, 3.8) is 0 Å². The topological polar surface area (TPSA) is 49.3 Å². The van der Waals surface area contributed by atoms with Crippen LogP contribution in [0, 0.1) is 6.92 Å². The average molecular weight is 290 g/mol. The number of aliphatic hydroxyl groups is 1. The third kappa shape index (κ3) is 3.59. The number of halogens is 1. The third-order valence-corrected chi connectivity index (χ3v) is 3.47. The van der Waals surface area contributed by atoms with E-state index in [-0.39, 0.29) is 12.5 Å². The first-order chi connectivity index (χ1) is 9.60. The Hall–Kier alpha value is -1.84. The monoisotopic (exact) mass is 289 g/mol. The number of aliphatic hydroxyl groups excluding tert-OH is 1. The fourth-order valence-electron chi connectivity index (χ4n) is 1.91. The van der Waals surface area contributed by atoms with Crippen LogP contribution in [0.1, 0.15) is 27.0 Å². The van der Waals surface area contributed by atoms with Crippen LogP contribution in [0.25, 0.3) is 0 Å². The van der Waals surface area contributed by atoms with E-state index in [0.29, 0.717) is 17.1 Å². The van der Waals surface area contributed by atoms with Crippen molar-refractivity contribution in [2.24, 2.45) is 0 Å². The van der Waals surface area contributed by atoms with Crippen molar-refractivity contribution in [2.75, 3.05) is 0 Å². The number of aryl methyl sites for hydroxylation is 1. The molecule has 0 atom stereocenters. The van der Waals surface area contributed by atoms with Gasteiger partial charge in [-0.1, -0.05) is 35.9 Å². The third-order valence-electron chi connectivity index (χ3n) is 3.05. The smallest absolute Gasteiger partial charge is 0.251 e. The second-order valence-electron chi connectivity index (χ2n) is 4.62. The van der Waals surface area contributed by atoms with Crippen LogP contribution in [0.3, 0.4) is 0 Å². The Balaban J connectivity index is 2.02. The summed E-state index contributed by atoms with van der Waals surface area (Å²) in [6, 6.07) is 12.7. The molecule has 0 unspecified atom stereocenters. The molecule has 0 aliphatic carbocycles. The van der Waals surface area contributed by atoms with E-state index in [0.717, 1.165) is 16.7 Å². The van der Waals surface area contributed by atoms with Gasteiger partial charge >= 0.3 is 0 Å². The van der Waals surface area contributed by atoms with E-state index in [1.165, 1.54) is 0 Å². The lowest BCUT2D eigenvalue weighted by atomic mass is 10.1. The van der Waals surface area contributed by atoms with E-state index in [9.17, 15) is 4.79 Å². The van der Waals surface area contributed by atoms with Gasteiger partial charge in [-0.3, -0.25) is 4.79 Å². The first kappa shape index (κ1) is 14.6. The molecule has 0 spiro atoms. The fourth-order valence-corrected chi connectivity index (χ4v) is 2.03. The van der Waals surface area contributed by atoms with Crippen LogP contribution in [0.5, 0.6) is 0 Å². The molecule has 4 heteroatoms. The summed E-state index contributed by atoms with van der Waals surface area (Å²) < 4.78 is 0. The number of hydrogen-bond donors (Lipinski definition) is 2. The van der Waals surface area contributed by atoms with Gasteiger partial charge in [0.25, 0.3) is 5.91 Å². The predicted molar refractivity (Wildman–Crippen MR) is 79.7 cm³/mol. The molecule has 20 heavy (non-hydrogen) atoms. The molecule has 0 saturated carbocycles. The van der Waals surface area contributed by atoms with Gasteiger partial charge in [-0.05, 0) is 41.8 Å². The van der Waals surface area contributed by atoms with E-state index < -0.39 is 0 Å². The second kappa shape index (κ2) is 6.55. The largest absolute Gasteiger partial charge is 0.392 e. The quantitative estimate of drug-likeness (QED) is 0.909. The molecule has 0 radical (unpaired) electrons. The summed E-state index contributed by atoms with van der Waals surface area (Å²) in [7, 11) is 0. The number of carbonyl (C=O) groups is 1. The molecule has 0 aromatic heterocycles. The summed E-state index contributed by atoms with van der Waals surface area (Å²) in [4.78, 5) is 12.0. The molecular weight excluding hydrogens is 274 g/mol. The molecule has 2 aromatic carbocycles. The lowest BCUT2D eigenvalue weighted by molar-refractivity contribution is 0.0951. The predicted octanol–water partition coefficient (Wildman–Crippen LogP) is 3.07. The van der Waals surface area contributed by atoms with E-state index in [1.807, 2.05) is 31.2 Å². The second-order valence-corrected chi connectivity index (χ2v) is 5.03. The molecule has 1 amide bonds. The van der Waals surface area contributed by atoms with Crippen LogP contribution in [0.15, 0.2) is 42.5 Å². The highest BCUT2D eigenvalue weighted by atomic mass is 35.5. The van der Waals surface area contributed by atoms with Gasteiger partial charge < -0.3 is 10.4 Å². The van der Waals surface area contributed by atoms with Crippen LogP contribution in [-0.2, 0) is 13.2 Å². The summed E-state index contributed by atoms with van der Waals surface area (Å²) in [5.41, 5.74) is 3.25. The van der Waals surface area contributed by atoms with E-state index >= 15 is 0 Å². The van der Waals surface area contributed by atoms with Crippen molar-refractivity contribution >= 4 is 17.5 Å². The van der Waals surface area contributed by atoms with Crippen molar-refractivity contribution in [3.8, 4) is 0 Å². The minimum Gasteiger partial charge on any atom is -0.392 e. The van der Waals surface area contributed by atoms with Gasteiger partial charge in [0, 0.05) is 17.1 Å². The molecule has 104 valence electrons. The summed E-state index contributed by atoms with van der Waals surface area (Å²) in [5.74, 6) is -0.140. The van der Waals surface area contributed by atoms with Crippen LogP contribution in [0.4, 0.5) is 0 Å². The van der Waals surface area contributed by atoms with E-state index in [2.05, 4.69) is 5.32 Å². The number of amides is 1. The minimum absolute atomic E-state index is 0.00182. The maximum Gasteiger partial charge on any atom is 0.251 e. The summed E-state index contributed by atoms with van der Waals surface area (Å²) in [5, 5.41) is 12.6. The lowest BCUT2D eigenvalue weighted by Gasteiger charge is -2.07. The van der Waals surface area contributed by atoms with Crippen LogP contribution in [-0.4, -0.2) is 11.0 Å². The zero-order valence-corrected chi connectivity index (χ0v) is 11.9. The maximum absolute atomic E-state index is 12.0. The highest BCUT2D eigenvalue weighted by Crippen LogP contribution is 2.16. The van der Waals surface area contributed by atoms with Crippen molar-refractivity contribution < 1.29 is 9.90 Å². The van der Waals surface area contributed by atoms with Gasteiger partial charge in [-0.2, -0.15) is 0 Å². The normalized spacial score (nSPS) is 10.3. The highest BCUT2D eigenvalue weighted by molar-refractivity contribution is 6.31. The fraction of sp³-hybridized carbons (Fsp3) is 0.188. The number of hydrogen-bond acceptors (Lipinski definition) is 2. The van der Waals surface area contributed by atoms with Gasteiger partial charge in [-0.15, -0.1) is 0 Å². The Labute approximate surface area is 123 Å². The van der Waals surface area contributed by atoms with Crippen molar-refractivity contribution in [1.82, 2.24) is 5.32 Å². The molecule has 0 bridgehead atoms. The zero-order chi connectivity index (χ0) is 14.5. The first-order valence-corrected chi connectivity index (χ1v) is 6.71.